The summed E-state index contributed by atoms with van der Waals surface area (Å²) in [6, 6.07) is 6.02. The first-order valence-electron chi connectivity index (χ1n) is 7.62. The lowest BCUT2D eigenvalue weighted by Crippen LogP contribution is -2.15. The Morgan fingerprint density at radius 2 is 1.95 bits per heavy atom. The van der Waals surface area contributed by atoms with Crippen LogP contribution in [0.4, 0.5) is 0 Å². The maximum atomic E-state index is 5.63. The minimum absolute atomic E-state index is 0.787. The Balaban J connectivity index is 1.79. The molecule has 0 bridgehead atoms. The van der Waals surface area contributed by atoms with Crippen LogP contribution in [0.25, 0.3) is 0 Å². The van der Waals surface area contributed by atoms with Crippen molar-refractivity contribution in [1.29, 1.82) is 0 Å². The predicted molar refractivity (Wildman–Crippen MR) is 80.4 cm³/mol. The highest BCUT2D eigenvalue weighted by Crippen LogP contribution is 2.00. The zero-order valence-electron chi connectivity index (χ0n) is 12.2. The van der Waals surface area contributed by atoms with E-state index in [0.29, 0.717) is 0 Å². The summed E-state index contributed by atoms with van der Waals surface area (Å²) < 4.78 is 5.63. The number of unbranched alkanes of at least 4 members (excludes halogenated alkanes) is 3. The second-order valence-electron chi connectivity index (χ2n) is 4.85. The van der Waals surface area contributed by atoms with Crippen molar-refractivity contribution in [1.82, 2.24) is 10.3 Å². The Labute approximate surface area is 117 Å². The fraction of sp³-hybridized carbons (Fsp3) is 0.688. The number of hydrogen-bond acceptors (Lipinski definition) is 3. The van der Waals surface area contributed by atoms with Crippen LogP contribution in [0.5, 0.6) is 0 Å². The lowest BCUT2D eigenvalue weighted by Gasteiger charge is -2.05. The first-order valence-corrected chi connectivity index (χ1v) is 7.62. The summed E-state index contributed by atoms with van der Waals surface area (Å²) in [5.74, 6) is 0. The lowest BCUT2D eigenvalue weighted by atomic mass is 10.2. The Bertz CT molecular complexity index is 290. The van der Waals surface area contributed by atoms with E-state index in [0.717, 1.165) is 38.4 Å². The third-order valence-electron chi connectivity index (χ3n) is 3.05. The standard InChI is InChI=1S/C16H28N2O/c1-2-11-17-12-6-3-4-8-14-19-15-10-16-9-5-7-13-18-16/h5,7,9,13,17H,2-4,6,8,10-12,14-15H2,1H3. The molecule has 108 valence electrons. The first-order chi connectivity index (χ1) is 9.43. The number of hydrogen-bond donors (Lipinski definition) is 1. The summed E-state index contributed by atoms with van der Waals surface area (Å²) in [4.78, 5) is 4.27. The Kier molecular flexibility index (Phi) is 10.3. The highest BCUT2D eigenvalue weighted by atomic mass is 16.5. The zero-order chi connectivity index (χ0) is 13.6. The van der Waals surface area contributed by atoms with Gasteiger partial charge in [0.15, 0.2) is 0 Å². The second kappa shape index (κ2) is 12.1. The van der Waals surface area contributed by atoms with Crippen LogP contribution in [0.1, 0.15) is 44.7 Å². The van der Waals surface area contributed by atoms with Crippen molar-refractivity contribution in [3.63, 3.8) is 0 Å². The molecule has 0 saturated carbocycles. The van der Waals surface area contributed by atoms with Gasteiger partial charge in [0.25, 0.3) is 0 Å². The molecule has 0 aliphatic heterocycles. The number of nitrogens with zero attached hydrogens (tertiary/aromatic N) is 1. The Morgan fingerprint density at radius 3 is 2.74 bits per heavy atom. The van der Waals surface area contributed by atoms with Gasteiger partial charge in [-0.1, -0.05) is 25.8 Å². The minimum atomic E-state index is 0.787. The highest BCUT2D eigenvalue weighted by molar-refractivity contribution is 5.03. The van der Waals surface area contributed by atoms with Crippen molar-refractivity contribution >= 4 is 0 Å². The SMILES string of the molecule is CCCNCCCCCCOCCc1ccccn1. The van der Waals surface area contributed by atoms with Gasteiger partial charge < -0.3 is 10.1 Å². The highest BCUT2D eigenvalue weighted by Gasteiger charge is 1.94. The Morgan fingerprint density at radius 1 is 1.05 bits per heavy atom. The molecule has 0 fully saturated rings. The van der Waals surface area contributed by atoms with E-state index in [1.807, 2.05) is 24.4 Å². The van der Waals surface area contributed by atoms with Crippen LogP contribution in [0, 0.1) is 0 Å². The van der Waals surface area contributed by atoms with E-state index < -0.39 is 0 Å². The average Bonchev–Trinajstić information content (AvgIpc) is 2.46. The summed E-state index contributed by atoms with van der Waals surface area (Å²) in [5, 5.41) is 3.43. The van der Waals surface area contributed by atoms with Crippen molar-refractivity contribution in [2.24, 2.45) is 0 Å². The summed E-state index contributed by atoms with van der Waals surface area (Å²) in [6.45, 7) is 6.19. The average molecular weight is 264 g/mol. The molecule has 3 heteroatoms. The molecule has 1 rings (SSSR count). The van der Waals surface area contributed by atoms with Gasteiger partial charge in [-0.15, -0.1) is 0 Å². The van der Waals surface area contributed by atoms with E-state index in [2.05, 4.69) is 17.2 Å². The molecule has 0 unspecified atom stereocenters. The molecule has 0 atom stereocenters. The summed E-state index contributed by atoms with van der Waals surface area (Å²) >= 11 is 0. The first kappa shape index (κ1) is 16.1. The van der Waals surface area contributed by atoms with Gasteiger partial charge in [0.05, 0.1) is 6.61 Å². The van der Waals surface area contributed by atoms with Crippen molar-refractivity contribution in [3.05, 3.63) is 30.1 Å². The van der Waals surface area contributed by atoms with Gasteiger partial charge in [0.2, 0.25) is 0 Å². The normalized spacial score (nSPS) is 10.8. The van der Waals surface area contributed by atoms with Gasteiger partial charge in [-0.25, -0.2) is 0 Å². The molecular formula is C16H28N2O. The van der Waals surface area contributed by atoms with Crippen LogP contribution >= 0.6 is 0 Å². The second-order valence-corrected chi connectivity index (χ2v) is 4.85. The number of rotatable bonds is 12. The zero-order valence-corrected chi connectivity index (χ0v) is 12.2. The molecule has 0 aliphatic rings. The molecule has 0 spiro atoms. The van der Waals surface area contributed by atoms with Crippen molar-refractivity contribution in [2.75, 3.05) is 26.3 Å². The number of ether oxygens (including phenoxy) is 1. The van der Waals surface area contributed by atoms with Gasteiger partial charge in [0.1, 0.15) is 0 Å². The van der Waals surface area contributed by atoms with Gasteiger partial charge in [-0.05, 0) is 44.5 Å². The molecule has 1 aromatic rings. The van der Waals surface area contributed by atoms with Gasteiger partial charge in [0, 0.05) is 24.9 Å². The molecule has 1 N–H and O–H groups in total. The molecule has 3 nitrogen and oxygen atoms in total. The molecule has 0 amide bonds. The topological polar surface area (TPSA) is 34.1 Å². The van der Waals surface area contributed by atoms with E-state index in [1.165, 1.54) is 32.1 Å². The van der Waals surface area contributed by atoms with Crippen LogP contribution in [0.2, 0.25) is 0 Å². The van der Waals surface area contributed by atoms with Crippen LogP contribution in [0.3, 0.4) is 0 Å². The fourth-order valence-electron chi connectivity index (χ4n) is 1.93. The van der Waals surface area contributed by atoms with E-state index in [1.54, 1.807) is 0 Å². The van der Waals surface area contributed by atoms with Crippen molar-refractivity contribution < 1.29 is 4.74 Å². The quantitative estimate of drug-likeness (QED) is 0.589. The van der Waals surface area contributed by atoms with Crippen LogP contribution < -0.4 is 5.32 Å². The van der Waals surface area contributed by atoms with E-state index in [4.69, 9.17) is 4.74 Å². The smallest absolute Gasteiger partial charge is 0.0521 e. The molecule has 1 aromatic heterocycles. The number of aromatic nitrogens is 1. The van der Waals surface area contributed by atoms with Crippen molar-refractivity contribution in [3.8, 4) is 0 Å². The number of nitrogens with one attached hydrogen (secondary N) is 1. The van der Waals surface area contributed by atoms with Crippen LogP contribution in [0.15, 0.2) is 24.4 Å². The molecule has 0 saturated heterocycles. The van der Waals surface area contributed by atoms with Gasteiger partial charge >= 0.3 is 0 Å². The fourth-order valence-corrected chi connectivity index (χ4v) is 1.93. The summed E-state index contributed by atoms with van der Waals surface area (Å²) in [6.07, 6.45) is 9.02. The maximum Gasteiger partial charge on any atom is 0.0521 e. The van der Waals surface area contributed by atoms with Gasteiger partial charge in [-0.3, -0.25) is 4.98 Å². The van der Waals surface area contributed by atoms with Gasteiger partial charge in [-0.2, -0.15) is 0 Å². The van der Waals surface area contributed by atoms with Crippen LogP contribution in [-0.2, 0) is 11.2 Å². The van der Waals surface area contributed by atoms with E-state index >= 15 is 0 Å². The molecule has 0 radical (unpaired) electrons. The molecule has 1 heterocycles. The largest absolute Gasteiger partial charge is 0.381 e. The molecule has 19 heavy (non-hydrogen) atoms. The Hall–Kier alpha value is -0.930. The third kappa shape index (κ3) is 9.62. The lowest BCUT2D eigenvalue weighted by molar-refractivity contribution is 0.132. The maximum absolute atomic E-state index is 5.63. The molecular weight excluding hydrogens is 236 g/mol. The van der Waals surface area contributed by atoms with Crippen molar-refractivity contribution in [2.45, 2.75) is 45.4 Å². The number of pyridine rings is 1. The third-order valence-corrected chi connectivity index (χ3v) is 3.05. The monoisotopic (exact) mass is 264 g/mol. The summed E-state index contributed by atoms with van der Waals surface area (Å²) in [5.41, 5.74) is 1.12. The van der Waals surface area contributed by atoms with E-state index in [-0.39, 0.29) is 0 Å². The summed E-state index contributed by atoms with van der Waals surface area (Å²) in [7, 11) is 0. The molecule has 0 aliphatic carbocycles. The van der Waals surface area contributed by atoms with E-state index in [9.17, 15) is 0 Å². The predicted octanol–water partition coefficient (Wildman–Crippen LogP) is 3.20. The minimum Gasteiger partial charge on any atom is -0.381 e. The molecule has 0 aromatic carbocycles. The van der Waals surface area contributed by atoms with Crippen LogP contribution in [-0.4, -0.2) is 31.3 Å².